The molecule has 0 radical (unpaired) electrons. The van der Waals surface area contributed by atoms with Gasteiger partial charge in [0.2, 0.25) is 5.91 Å². The maximum Gasteiger partial charge on any atom is 0.238 e. The molecule has 3 N–H and O–H groups in total. The van der Waals surface area contributed by atoms with Crippen LogP contribution in [0, 0.1) is 11.6 Å². The number of guanidine groups is 1. The molecule has 1 aliphatic rings. The molecule has 1 heterocycles. The van der Waals surface area contributed by atoms with E-state index in [4.69, 9.17) is 0 Å². The molecule has 0 aromatic heterocycles. The van der Waals surface area contributed by atoms with Crippen LogP contribution in [-0.2, 0) is 11.3 Å². The van der Waals surface area contributed by atoms with Gasteiger partial charge in [-0.2, -0.15) is 0 Å². The summed E-state index contributed by atoms with van der Waals surface area (Å²) in [4.78, 5) is 19.7. The predicted molar refractivity (Wildman–Crippen MR) is 124 cm³/mol. The first kappa shape index (κ1) is 23.5. The Labute approximate surface area is 187 Å². The fourth-order valence-electron chi connectivity index (χ4n) is 3.69. The van der Waals surface area contributed by atoms with Gasteiger partial charge in [0.05, 0.1) is 6.54 Å². The van der Waals surface area contributed by atoms with Crippen molar-refractivity contribution in [2.24, 2.45) is 4.99 Å². The van der Waals surface area contributed by atoms with E-state index in [0.717, 1.165) is 17.7 Å². The summed E-state index contributed by atoms with van der Waals surface area (Å²) in [5.41, 5.74) is 1.74. The second-order valence-electron chi connectivity index (χ2n) is 8.06. The molecular formula is C23H30F2N6O. The summed E-state index contributed by atoms with van der Waals surface area (Å²) in [6.07, 6.45) is 0.738. The summed E-state index contributed by atoms with van der Waals surface area (Å²) >= 11 is 0. The lowest BCUT2D eigenvalue weighted by molar-refractivity contribution is -0.116. The number of rotatable bonds is 7. The van der Waals surface area contributed by atoms with Gasteiger partial charge in [0.1, 0.15) is 17.3 Å². The Hall–Kier alpha value is -3.20. The van der Waals surface area contributed by atoms with Gasteiger partial charge < -0.3 is 25.8 Å². The van der Waals surface area contributed by atoms with Gasteiger partial charge >= 0.3 is 0 Å². The molecule has 1 aliphatic heterocycles. The van der Waals surface area contributed by atoms with E-state index in [1.54, 1.807) is 16.8 Å². The highest BCUT2D eigenvalue weighted by Gasteiger charge is 2.27. The van der Waals surface area contributed by atoms with Gasteiger partial charge in [-0.05, 0) is 50.3 Å². The Kier molecular flexibility index (Phi) is 7.99. The maximum absolute atomic E-state index is 14.1. The lowest BCUT2D eigenvalue weighted by Crippen LogP contribution is -2.44. The number of hydrogen-bond donors (Lipinski definition) is 3. The topological polar surface area (TPSA) is 72.0 Å². The van der Waals surface area contributed by atoms with Crippen LogP contribution in [0.2, 0.25) is 0 Å². The molecule has 3 rings (SSSR count). The first-order chi connectivity index (χ1) is 15.4. The molecule has 0 bridgehead atoms. The standard InChI is InChI=1S/C23H30F2N6O/c1-26-23(27-13-16-6-4-7-17(12-16)28-21(32)15-30(2)3)29-18-10-11-31(14-18)22-19(24)8-5-9-20(22)25/h4-9,12,18H,10-11,13-15H2,1-3H3,(H,28,32)(H2,26,27,29). The number of nitrogens with zero attached hydrogens (tertiary/aromatic N) is 3. The van der Waals surface area contributed by atoms with Crippen molar-refractivity contribution in [2.45, 2.75) is 19.0 Å². The second kappa shape index (κ2) is 10.9. The summed E-state index contributed by atoms with van der Waals surface area (Å²) in [5.74, 6) is -0.570. The molecule has 0 spiro atoms. The van der Waals surface area contributed by atoms with E-state index in [2.05, 4.69) is 20.9 Å². The van der Waals surface area contributed by atoms with Gasteiger partial charge in [0, 0.05) is 38.4 Å². The van der Waals surface area contributed by atoms with E-state index in [9.17, 15) is 13.6 Å². The van der Waals surface area contributed by atoms with Crippen LogP contribution in [0.4, 0.5) is 20.2 Å². The summed E-state index contributed by atoms with van der Waals surface area (Å²) in [6, 6.07) is 11.5. The monoisotopic (exact) mass is 444 g/mol. The minimum Gasteiger partial charge on any atom is -0.365 e. The number of likely N-dealkylation sites (N-methyl/N-ethyl adjacent to an activating group) is 1. The lowest BCUT2D eigenvalue weighted by atomic mass is 10.2. The van der Waals surface area contributed by atoms with Crippen LogP contribution in [0.5, 0.6) is 0 Å². The van der Waals surface area contributed by atoms with Crippen molar-refractivity contribution >= 4 is 23.2 Å². The van der Waals surface area contributed by atoms with Crippen molar-refractivity contribution in [3.05, 3.63) is 59.7 Å². The van der Waals surface area contributed by atoms with Gasteiger partial charge in [0.25, 0.3) is 0 Å². The van der Waals surface area contributed by atoms with Crippen molar-refractivity contribution in [3.63, 3.8) is 0 Å². The van der Waals surface area contributed by atoms with Crippen LogP contribution < -0.4 is 20.9 Å². The zero-order valence-electron chi connectivity index (χ0n) is 18.7. The number of para-hydroxylation sites is 1. The molecule has 9 heteroatoms. The average Bonchev–Trinajstić information content (AvgIpc) is 3.18. The van der Waals surface area contributed by atoms with Crippen LogP contribution in [0.3, 0.4) is 0 Å². The van der Waals surface area contributed by atoms with E-state index >= 15 is 0 Å². The zero-order chi connectivity index (χ0) is 23.1. The van der Waals surface area contributed by atoms with E-state index < -0.39 is 11.6 Å². The quantitative estimate of drug-likeness (QED) is 0.452. The molecular weight excluding hydrogens is 414 g/mol. The maximum atomic E-state index is 14.1. The molecule has 1 saturated heterocycles. The summed E-state index contributed by atoms with van der Waals surface area (Å²) in [5, 5.41) is 9.46. The summed E-state index contributed by atoms with van der Waals surface area (Å²) in [6.45, 7) is 1.86. The number of aliphatic imine (C=N–C) groups is 1. The summed E-state index contributed by atoms with van der Waals surface area (Å²) in [7, 11) is 5.36. The third-order valence-electron chi connectivity index (χ3n) is 5.14. The van der Waals surface area contributed by atoms with E-state index in [1.807, 2.05) is 38.4 Å². The minimum atomic E-state index is -0.550. The molecule has 32 heavy (non-hydrogen) atoms. The van der Waals surface area contributed by atoms with Crippen molar-refractivity contribution in [1.29, 1.82) is 0 Å². The van der Waals surface area contributed by atoms with Crippen LogP contribution in [0.1, 0.15) is 12.0 Å². The fourth-order valence-corrected chi connectivity index (χ4v) is 3.69. The van der Waals surface area contributed by atoms with E-state index in [-0.39, 0.29) is 17.6 Å². The highest BCUT2D eigenvalue weighted by Crippen LogP contribution is 2.26. The largest absolute Gasteiger partial charge is 0.365 e. The van der Waals surface area contributed by atoms with E-state index in [0.29, 0.717) is 32.1 Å². The molecule has 2 aromatic rings. The number of carbonyl (C=O) groups excluding carboxylic acids is 1. The predicted octanol–water partition coefficient (Wildman–Crippen LogP) is 2.41. The van der Waals surface area contributed by atoms with Crippen LogP contribution in [-0.4, -0.2) is 63.6 Å². The van der Waals surface area contributed by atoms with Crippen molar-refractivity contribution in [2.75, 3.05) is 51.0 Å². The molecule has 2 aromatic carbocycles. The molecule has 1 unspecified atom stereocenters. The Bertz CT molecular complexity index is 945. The zero-order valence-corrected chi connectivity index (χ0v) is 18.7. The van der Waals surface area contributed by atoms with Crippen molar-refractivity contribution < 1.29 is 13.6 Å². The molecule has 1 atom stereocenters. The Balaban J connectivity index is 1.53. The van der Waals surface area contributed by atoms with Crippen LogP contribution in [0.15, 0.2) is 47.5 Å². The number of amides is 1. The van der Waals surface area contributed by atoms with Gasteiger partial charge in [-0.3, -0.25) is 9.79 Å². The molecule has 0 aliphatic carbocycles. The van der Waals surface area contributed by atoms with Crippen molar-refractivity contribution in [1.82, 2.24) is 15.5 Å². The highest BCUT2D eigenvalue weighted by atomic mass is 19.1. The first-order valence-corrected chi connectivity index (χ1v) is 10.6. The lowest BCUT2D eigenvalue weighted by Gasteiger charge is -2.21. The van der Waals surface area contributed by atoms with Crippen LogP contribution in [0.25, 0.3) is 0 Å². The number of anilines is 2. The molecule has 0 saturated carbocycles. The number of benzene rings is 2. The van der Waals surface area contributed by atoms with Crippen LogP contribution >= 0.6 is 0 Å². The SMILES string of the molecule is CN=C(NCc1cccc(NC(=O)CN(C)C)c1)NC1CCN(c2c(F)cccc2F)C1. The van der Waals surface area contributed by atoms with Gasteiger partial charge in [0.15, 0.2) is 5.96 Å². The number of carbonyl (C=O) groups is 1. The fraction of sp³-hybridized carbons (Fsp3) is 0.391. The average molecular weight is 445 g/mol. The normalized spacial score (nSPS) is 16.4. The Morgan fingerprint density at radius 1 is 1.19 bits per heavy atom. The van der Waals surface area contributed by atoms with Gasteiger partial charge in [-0.15, -0.1) is 0 Å². The molecule has 172 valence electrons. The third kappa shape index (κ3) is 6.40. The number of hydrogen-bond acceptors (Lipinski definition) is 4. The van der Waals surface area contributed by atoms with Gasteiger partial charge in [-0.1, -0.05) is 18.2 Å². The highest BCUT2D eigenvalue weighted by molar-refractivity contribution is 5.92. The second-order valence-corrected chi connectivity index (χ2v) is 8.06. The molecule has 7 nitrogen and oxygen atoms in total. The van der Waals surface area contributed by atoms with E-state index in [1.165, 1.54) is 18.2 Å². The number of halogens is 2. The first-order valence-electron chi connectivity index (χ1n) is 10.6. The van der Waals surface area contributed by atoms with Gasteiger partial charge in [-0.25, -0.2) is 8.78 Å². The van der Waals surface area contributed by atoms with Crippen molar-refractivity contribution in [3.8, 4) is 0 Å². The third-order valence-corrected chi connectivity index (χ3v) is 5.14. The smallest absolute Gasteiger partial charge is 0.238 e. The minimum absolute atomic E-state index is 0.0110. The Morgan fingerprint density at radius 2 is 1.91 bits per heavy atom. The molecule has 1 amide bonds. The Morgan fingerprint density at radius 3 is 2.59 bits per heavy atom. The number of nitrogens with one attached hydrogen (secondary N) is 3. The summed E-state index contributed by atoms with van der Waals surface area (Å²) < 4.78 is 28.1. The molecule has 1 fully saturated rings.